The number of halogens is 2. The maximum Gasteiger partial charge on any atom is 0.142 e. The zero-order valence-corrected chi connectivity index (χ0v) is 11.5. The SMILES string of the molecule is NC(c1cccc(F)c1Cl)c1cccc2ccsc12. The van der Waals surface area contributed by atoms with Crippen LogP contribution >= 0.6 is 22.9 Å². The van der Waals surface area contributed by atoms with E-state index in [4.69, 9.17) is 17.3 Å². The van der Waals surface area contributed by atoms with Crippen molar-refractivity contribution in [3.05, 3.63) is 69.8 Å². The molecule has 1 aromatic heterocycles. The molecule has 96 valence electrons. The fourth-order valence-electron chi connectivity index (χ4n) is 2.19. The topological polar surface area (TPSA) is 26.0 Å². The van der Waals surface area contributed by atoms with Crippen LogP contribution in [0.25, 0.3) is 10.1 Å². The monoisotopic (exact) mass is 291 g/mol. The quantitative estimate of drug-likeness (QED) is 0.725. The van der Waals surface area contributed by atoms with Gasteiger partial charge >= 0.3 is 0 Å². The van der Waals surface area contributed by atoms with Crippen LogP contribution in [-0.4, -0.2) is 0 Å². The van der Waals surface area contributed by atoms with E-state index in [1.165, 1.54) is 6.07 Å². The average molecular weight is 292 g/mol. The highest BCUT2D eigenvalue weighted by molar-refractivity contribution is 7.17. The van der Waals surface area contributed by atoms with Gasteiger partial charge in [-0.1, -0.05) is 41.9 Å². The molecule has 2 N–H and O–H groups in total. The first-order chi connectivity index (χ1) is 9.18. The van der Waals surface area contributed by atoms with Gasteiger partial charge < -0.3 is 5.73 Å². The minimum Gasteiger partial charge on any atom is -0.320 e. The van der Waals surface area contributed by atoms with Crippen molar-refractivity contribution in [1.82, 2.24) is 0 Å². The molecular weight excluding hydrogens is 281 g/mol. The minimum atomic E-state index is -0.437. The van der Waals surface area contributed by atoms with Crippen molar-refractivity contribution in [1.29, 1.82) is 0 Å². The highest BCUT2D eigenvalue weighted by Crippen LogP contribution is 2.34. The maximum absolute atomic E-state index is 13.5. The Hall–Kier alpha value is -1.42. The summed E-state index contributed by atoms with van der Waals surface area (Å²) in [6.45, 7) is 0. The zero-order chi connectivity index (χ0) is 13.4. The van der Waals surface area contributed by atoms with Gasteiger partial charge in [0.1, 0.15) is 5.82 Å². The Kier molecular flexibility index (Phi) is 3.27. The fraction of sp³-hybridized carbons (Fsp3) is 0.0667. The van der Waals surface area contributed by atoms with E-state index >= 15 is 0 Å². The number of rotatable bonds is 2. The molecule has 1 heterocycles. The Labute approximate surface area is 119 Å². The molecule has 0 saturated heterocycles. The van der Waals surface area contributed by atoms with E-state index in [1.807, 2.05) is 29.6 Å². The van der Waals surface area contributed by atoms with Crippen LogP contribution in [0.3, 0.4) is 0 Å². The van der Waals surface area contributed by atoms with Crippen LogP contribution in [0.1, 0.15) is 17.2 Å². The van der Waals surface area contributed by atoms with Gasteiger partial charge in [0, 0.05) is 4.70 Å². The van der Waals surface area contributed by atoms with E-state index in [9.17, 15) is 4.39 Å². The summed E-state index contributed by atoms with van der Waals surface area (Å²) < 4.78 is 14.6. The molecule has 19 heavy (non-hydrogen) atoms. The van der Waals surface area contributed by atoms with E-state index in [0.717, 1.165) is 15.6 Å². The molecule has 0 spiro atoms. The third-order valence-electron chi connectivity index (χ3n) is 3.16. The molecule has 1 unspecified atom stereocenters. The highest BCUT2D eigenvalue weighted by atomic mass is 35.5. The molecule has 0 saturated carbocycles. The van der Waals surface area contributed by atoms with Crippen molar-refractivity contribution in [2.24, 2.45) is 5.73 Å². The van der Waals surface area contributed by atoms with E-state index in [1.54, 1.807) is 23.5 Å². The number of fused-ring (bicyclic) bond motifs is 1. The summed E-state index contributed by atoms with van der Waals surface area (Å²) in [5.41, 5.74) is 7.85. The second-order valence-corrected chi connectivity index (χ2v) is 5.60. The van der Waals surface area contributed by atoms with E-state index < -0.39 is 11.9 Å². The smallest absolute Gasteiger partial charge is 0.142 e. The fourth-order valence-corrected chi connectivity index (χ4v) is 3.39. The van der Waals surface area contributed by atoms with Gasteiger partial charge in [0.25, 0.3) is 0 Å². The van der Waals surface area contributed by atoms with Crippen LogP contribution in [0.15, 0.2) is 47.8 Å². The van der Waals surface area contributed by atoms with Crippen molar-refractivity contribution in [2.45, 2.75) is 6.04 Å². The molecular formula is C15H11ClFNS. The Bertz CT molecular complexity index is 738. The second kappa shape index (κ2) is 4.93. The second-order valence-electron chi connectivity index (χ2n) is 4.31. The van der Waals surface area contributed by atoms with Crippen molar-refractivity contribution in [3.8, 4) is 0 Å². The van der Waals surface area contributed by atoms with Crippen molar-refractivity contribution in [2.75, 3.05) is 0 Å². The molecule has 3 rings (SSSR count). The van der Waals surface area contributed by atoms with E-state index in [2.05, 4.69) is 0 Å². The molecule has 0 radical (unpaired) electrons. The van der Waals surface area contributed by atoms with E-state index in [0.29, 0.717) is 5.56 Å². The van der Waals surface area contributed by atoms with E-state index in [-0.39, 0.29) is 5.02 Å². The zero-order valence-electron chi connectivity index (χ0n) is 9.94. The summed E-state index contributed by atoms with van der Waals surface area (Å²) in [7, 11) is 0. The molecule has 4 heteroatoms. The Morgan fingerprint density at radius 1 is 1.05 bits per heavy atom. The van der Waals surface area contributed by atoms with Gasteiger partial charge in [-0.05, 0) is 34.0 Å². The Balaban J connectivity index is 2.16. The molecule has 2 aromatic carbocycles. The van der Waals surface area contributed by atoms with Crippen LogP contribution in [-0.2, 0) is 0 Å². The van der Waals surface area contributed by atoms with Gasteiger partial charge in [0.2, 0.25) is 0 Å². The lowest BCUT2D eigenvalue weighted by molar-refractivity contribution is 0.624. The first-order valence-corrected chi connectivity index (χ1v) is 7.10. The first-order valence-electron chi connectivity index (χ1n) is 5.84. The molecule has 0 bridgehead atoms. The van der Waals surface area contributed by atoms with Crippen LogP contribution in [0.2, 0.25) is 5.02 Å². The summed E-state index contributed by atoms with van der Waals surface area (Å²) in [6.07, 6.45) is 0. The van der Waals surface area contributed by atoms with Gasteiger partial charge in [-0.3, -0.25) is 0 Å². The molecule has 3 aromatic rings. The summed E-state index contributed by atoms with van der Waals surface area (Å²) in [4.78, 5) is 0. The molecule has 0 aliphatic heterocycles. The summed E-state index contributed by atoms with van der Waals surface area (Å²) in [5.74, 6) is -0.437. The third kappa shape index (κ3) is 2.14. The number of nitrogens with two attached hydrogens (primary N) is 1. The van der Waals surface area contributed by atoms with Gasteiger partial charge in [-0.25, -0.2) is 4.39 Å². The molecule has 0 amide bonds. The molecule has 1 atom stereocenters. The van der Waals surface area contributed by atoms with Crippen LogP contribution in [0.4, 0.5) is 4.39 Å². The number of thiophene rings is 1. The normalized spacial score (nSPS) is 12.8. The van der Waals surface area contributed by atoms with Crippen molar-refractivity contribution >= 4 is 33.0 Å². The molecule has 0 aliphatic carbocycles. The lowest BCUT2D eigenvalue weighted by atomic mass is 9.98. The Morgan fingerprint density at radius 2 is 1.79 bits per heavy atom. The highest BCUT2D eigenvalue weighted by Gasteiger charge is 2.17. The standard InChI is InChI=1S/C15H11ClFNS/c16-13-10(4-2-6-12(13)17)14(18)11-5-1-3-9-7-8-19-15(9)11/h1-8,14H,18H2. The van der Waals surface area contributed by atoms with Gasteiger partial charge in [0.15, 0.2) is 0 Å². The lowest BCUT2D eigenvalue weighted by Gasteiger charge is -2.15. The largest absolute Gasteiger partial charge is 0.320 e. The number of hydrogen-bond donors (Lipinski definition) is 1. The summed E-state index contributed by atoms with van der Waals surface area (Å²) in [5, 5.41) is 3.27. The molecule has 0 fully saturated rings. The number of hydrogen-bond acceptors (Lipinski definition) is 2. The number of benzene rings is 2. The van der Waals surface area contributed by atoms with Crippen LogP contribution < -0.4 is 5.73 Å². The predicted molar refractivity (Wildman–Crippen MR) is 79.3 cm³/mol. The minimum absolute atomic E-state index is 0.101. The predicted octanol–water partition coefficient (Wildman–Crippen LogP) is 4.74. The molecule has 0 aliphatic rings. The Morgan fingerprint density at radius 3 is 2.63 bits per heavy atom. The average Bonchev–Trinajstić information content (AvgIpc) is 2.89. The van der Waals surface area contributed by atoms with Crippen molar-refractivity contribution < 1.29 is 4.39 Å². The van der Waals surface area contributed by atoms with Gasteiger partial charge in [0.05, 0.1) is 11.1 Å². The van der Waals surface area contributed by atoms with Crippen molar-refractivity contribution in [3.63, 3.8) is 0 Å². The van der Waals surface area contributed by atoms with Gasteiger partial charge in [-0.2, -0.15) is 0 Å². The molecule has 1 nitrogen and oxygen atoms in total. The summed E-state index contributed by atoms with van der Waals surface area (Å²) >= 11 is 7.64. The first kappa shape index (κ1) is 12.6. The summed E-state index contributed by atoms with van der Waals surface area (Å²) in [6, 6.07) is 12.3. The lowest BCUT2D eigenvalue weighted by Crippen LogP contribution is -2.13. The maximum atomic E-state index is 13.5. The van der Waals surface area contributed by atoms with Crippen LogP contribution in [0, 0.1) is 5.82 Å². The van der Waals surface area contributed by atoms with Crippen LogP contribution in [0.5, 0.6) is 0 Å². The van der Waals surface area contributed by atoms with Gasteiger partial charge in [-0.15, -0.1) is 11.3 Å². The third-order valence-corrected chi connectivity index (χ3v) is 4.54.